The second-order valence-corrected chi connectivity index (χ2v) is 8.10. The summed E-state index contributed by atoms with van der Waals surface area (Å²) in [6.07, 6.45) is 3.10. The Bertz CT molecular complexity index is 366. The van der Waals surface area contributed by atoms with Gasteiger partial charge in [0.2, 0.25) is 0 Å². The highest BCUT2D eigenvalue weighted by atomic mass is 32.2. The van der Waals surface area contributed by atoms with Crippen molar-refractivity contribution in [2.45, 2.75) is 25.3 Å². The molecule has 0 saturated carbocycles. The van der Waals surface area contributed by atoms with Gasteiger partial charge in [0.1, 0.15) is 0 Å². The number of nitrogens with zero attached hydrogens (tertiary/aromatic N) is 1. The van der Waals surface area contributed by atoms with Crippen LogP contribution in [0.1, 0.15) is 19.3 Å². The summed E-state index contributed by atoms with van der Waals surface area (Å²) >= 11 is 0. The van der Waals surface area contributed by atoms with Gasteiger partial charge in [-0.2, -0.15) is 0 Å². The van der Waals surface area contributed by atoms with Crippen LogP contribution in [0.15, 0.2) is 0 Å². The quantitative estimate of drug-likeness (QED) is 0.753. The van der Waals surface area contributed by atoms with Gasteiger partial charge in [0.25, 0.3) is 0 Å². The average molecular weight is 290 g/mol. The Hall–Kier alpha value is -0.170. The Morgan fingerprint density at radius 1 is 1.26 bits per heavy atom. The summed E-state index contributed by atoms with van der Waals surface area (Å²) in [7, 11) is -0.617. The van der Waals surface area contributed by atoms with Crippen LogP contribution >= 0.6 is 0 Å². The maximum atomic E-state index is 11.3. The molecule has 0 aromatic rings. The van der Waals surface area contributed by atoms with Crippen LogP contribution in [-0.4, -0.2) is 70.8 Å². The summed E-state index contributed by atoms with van der Waals surface area (Å²) < 4.78 is 28.0. The fourth-order valence-electron chi connectivity index (χ4n) is 2.88. The monoisotopic (exact) mass is 290 g/mol. The number of hydrogen-bond acceptors (Lipinski definition) is 5. The summed E-state index contributed by atoms with van der Waals surface area (Å²) in [4.78, 5) is 2.34. The lowest BCUT2D eigenvalue weighted by Crippen LogP contribution is -2.38. The maximum Gasteiger partial charge on any atom is 0.151 e. The Balaban J connectivity index is 1.57. The number of rotatable bonds is 6. The summed E-state index contributed by atoms with van der Waals surface area (Å²) in [5, 5.41) is 3.36. The fraction of sp³-hybridized carbons (Fsp3) is 1.00. The molecule has 0 aliphatic carbocycles. The van der Waals surface area contributed by atoms with E-state index in [1.807, 2.05) is 0 Å². The van der Waals surface area contributed by atoms with Gasteiger partial charge < -0.3 is 15.0 Å². The number of sulfone groups is 1. The van der Waals surface area contributed by atoms with Crippen molar-refractivity contribution >= 4 is 9.84 Å². The molecule has 6 heteroatoms. The second-order valence-electron chi connectivity index (χ2n) is 5.87. The minimum atomic E-state index is -2.76. The van der Waals surface area contributed by atoms with Crippen molar-refractivity contribution in [3.05, 3.63) is 0 Å². The highest BCUT2D eigenvalue weighted by Crippen LogP contribution is 2.15. The summed E-state index contributed by atoms with van der Waals surface area (Å²) in [5.41, 5.74) is 0. The largest absolute Gasteiger partial charge is 0.381 e. The predicted molar refractivity (Wildman–Crippen MR) is 76.1 cm³/mol. The van der Waals surface area contributed by atoms with Crippen molar-refractivity contribution in [3.8, 4) is 0 Å². The van der Waals surface area contributed by atoms with Crippen molar-refractivity contribution in [1.29, 1.82) is 0 Å². The van der Waals surface area contributed by atoms with Gasteiger partial charge in [-0.15, -0.1) is 0 Å². The zero-order valence-corrected chi connectivity index (χ0v) is 12.6. The highest BCUT2D eigenvalue weighted by Gasteiger charge is 2.27. The van der Waals surface area contributed by atoms with Crippen LogP contribution in [0.4, 0.5) is 0 Å². The van der Waals surface area contributed by atoms with Crippen LogP contribution in [0.3, 0.4) is 0 Å². The average Bonchev–Trinajstić information content (AvgIpc) is 2.70. The van der Waals surface area contributed by atoms with E-state index in [-0.39, 0.29) is 6.04 Å². The van der Waals surface area contributed by atoms with Crippen molar-refractivity contribution < 1.29 is 13.2 Å². The fourth-order valence-corrected chi connectivity index (χ4v) is 4.58. The molecule has 112 valence electrons. The molecule has 2 fully saturated rings. The van der Waals surface area contributed by atoms with Gasteiger partial charge in [0, 0.05) is 38.9 Å². The molecule has 2 aliphatic rings. The van der Waals surface area contributed by atoms with E-state index in [1.165, 1.54) is 12.8 Å². The van der Waals surface area contributed by atoms with Crippen LogP contribution < -0.4 is 5.32 Å². The minimum Gasteiger partial charge on any atom is -0.381 e. The number of ether oxygens (including phenoxy) is 1. The van der Waals surface area contributed by atoms with Crippen molar-refractivity contribution in [3.63, 3.8) is 0 Å². The molecular weight excluding hydrogens is 264 g/mol. The molecule has 1 N–H and O–H groups in total. The van der Waals surface area contributed by atoms with E-state index in [4.69, 9.17) is 4.74 Å². The Labute approximate surface area is 116 Å². The topological polar surface area (TPSA) is 58.6 Å². The van der Waals surface area contributed by atoms with Gasteiger partial charge in [0.15, 0.2) is 9.84 Å². The number of nitrogens with one attached hydrogen (secondary N) is 1. The maximum absolute atomic E-state index is 11.3. The van der Waals surface area contributed by atoms with Crippen LogP contribution in [0.25, 0.3) is 0 Å². The van der Waals surface area contributed by atoms with E-state index in [9.17, 15) is 8.42 Å². The first-order valence-corrected chi connectivity index (χ1v) is 9.07. The molecular formula is C13H26N2O3S. The molecule has 2 heterocycles. The molecule has 1 unspecified atom stereocenters. The van der Waals surface area contributed by atoms with Crippen molar-refractivity contribution in [1.82, 2.24) is 10.2 Å². The highest BCUT2D eigenvalue weighted by molar-refractivity contribution is 7.91. The van der Waals surface area contributed by atoms with E-state index in [1.54, 1.807) is 0 Å². The molecule has 0 bridgehead atoms. The zero-order valence-electron chi connectivity index (χ0n) is 11.8. The molecule has 5 nitrogen and oxygen atoms in total. The lowest BCUT2D eigenvalue weighted by atomic mass is 10.00. The third kappa shape index (κ3) is 5.38. The SMILES string of the molecule is CN(CCNC1CCS(=O)(=O)C1)CC1CCOCC1. The van der Waals surface area contributed by atoms with E-state index in [0.29, 0.717) is 11.5 Å². The first-order chi connectivity index (χ1) is 9.05. The lowest BCUT2D eigenvalue weighted by Gasteiger charge is -2.27. The van der Waals surface area contributed by atoms with Crippen LogP contribution in [0.2, 0.25) is 0 Å². The lowest BCUT2D eigenvalue weighted by molar-refractivity contribution is 0.0558. The molecule has 2 rings (SSSR count). The molecule has 2 saturated heterocycles. The molecule has 0 aromatic heterocycles. The molecule has 1 atom stereocenters. The smallest absolute Gasteiger partial charge is 0.151 e. The van der Waals surface area contributed by atoms with Crippen LogP contribution in [0, 0.1) is 5.92 Å². The van der Waals surface area contributed by atoms with Gasteiger partial charge in [0.05, 0.1) is 11.5 Å². The summed E-state index contributed by atoms with van der Waals surface area (Å²) in [5.74, 6) is 1.42. The molecule has 0 amide bonds. The molecule has 19 heavy (non-hydrogen) atoms. The number of likely N-dealkylation sites (N-methyl/N-ethyl adjacent to an activating group) is 1. The van der Waals surface area contributed by atoms with Gasteiger partial charge in [-0.1, -0.05) is 0 Å². The second kappa shape index (κ2) is 7.02. The Kier molecular flexibility index (Phi) is 5.62. The van der Waals surface area contributed by atoms with Gasteiger partial charge in [-0.25, -0.2) is 8.42 Å². The molecule has 2 aliphatic heterocycles. The third-order valence-electron chi connectivity index (χ3n) is 4.07. The number of hydrogen-bond donors (Lipinski definition) is 1. The molecule has 0 aromatic carbocycles. The van der Waals surface area contributed by atoms with E-state index < -0.39 is 9.84 Å². The zero-order chi connectivity index (χ0) is 13.7. The van der Waals surface area contributed by atoms with Crippen LogP contribution in [-0.2, 0) is 14.6 Å². The summed E-state index contributed by atoms with van der Waals surface area (Å²) in [6, 6.07) is 0.168. The van der Waals surface area contributed by atoms with Crippen LogP contribution in [0.5, 0.6) is 0 Å². The van der Waals surface area contributed by atoms with Gasteiger partial charge in [-0.3, -0.25) is 0 Å². The Morgan fingerprint density at radius 3 is 2.63 bits per heavy atom. The minimum absolute atomic E-state index is 0.168. The molecule has 0 spiro atoms. The Morgan fingerprint density at radius 2 is 2.00 bits per heavy atom. The normalized spacial score (nSPS) is 28.0. The van der Waals surface area contributed by atoms with Crippen molar-refractivity contribution in [2.75, 3.05) is 51.4 Å². The first kappa shape index (κ1) is 15.2. The van der Waals surface area contributed by atoms with Gasteiger partial charge >= 0.3 is 0 Å². The predicted octanol–water partition coefficient (Wildman–Crippen LogP) is 0.122. The van der Waals surface area contributed by atoms with Gasteiger partial charge in [-0.05, 0) is 32.2 Å². The van der Waals surface area contributed by atoms with E-state index in [0.717, 1.165) is 45.2 Å². The van der Waals surface area contributed by atoms with Crippen molar-refractivity contribution in [2.24, 2.45) is 5.92 Å². The van der Waals surface area contributed by atoms with E-state index in [2.05, 4.69) is 17.3 Å². The standard InChI is InChI=1S/C13H26N2O3S/c1-15(10-12-2-7-18-8-3-12)6-5-14-13-4-9-19(16,17)11-13/h12-14H,2-11H2,1H3. The van der Waals surface area contributed by atoms with E-state index >= 15 is 0 Å². The molecule has 0 radical (unpaired) electrons. The summed E-state index contributed by atoms with van der Waals surface area (Å²) in [6.45, 7) is 4.77. The first-order valence-electron chi connectivity index (χ1n) is 7.25. The third-order valence-corrected chi connectivity index (χ3v) is 5.84.